The lowest BCUT2D eigenvalue weighted by Gasteiger charge is -2.45. The Labute approximate surface area is 95.1 Å². The van der Waals surface area contributed by atoms with Crippen LogP contribution < -0.4 is 5.32 Å². The first-order valence-electron chi connectivity index (χ1n) is 5.54. The molecule has 1 amide bonds. The van der Waals surface area contributed by atoms with Crippen molar-refractivity contribution in [2.75, 3.05) is 13.2 Å². The van der Waals surface area contributed by atoms with Gasteiger partial charge in [-0.05, 0) is 20.8 Å². The Morgan fingerprint density at radius 1 is 1.50 bits per heavy atom. The zero-order valence-electron chi connectivity index (χ0n) is 10.0. The van der Waals surface area contributed by atoms with Gasteiger partial charge in [0.2, 0.25) is 0 Å². The van der Waals surface area contributed by atoms with Crippen LogP contribution in [0.1, 0.15) is 33.6 Å². The molecule has 5 heteroatoms. The standard InChI is InChI=1S/C11H19NO4/c1-9(2,3)16-8(14)12-10(6-13)4-11(5-10)7-15-11/h13H,4-7H2,1-3H3,(H,12,14). The molecular formula is C11H19NO4. The lowest BCUT2D eigenvalue weighted by atomic mass is 9.68. The molecule has 16 heavy (non-hydrogen) atoms. The summed E-state index contributed by atoms with van der Waals surface area (Å²) in [6, 6.07) is 0. The van der Waals surface area contributed by atoms with Gasteiger partial charge in [-0.1, -0.05) is 0 Å². The minimum absolute atomic E-state index is 0.0578. The molecule has 2 aliphatic rings. The molecule has 1 saturated heterocycles. The van der Waals surface area contributed by atoms with Gasteiger partial charge in [0.25, 0.3) is 0 Å². The van der Waals surface area contributed by atoms with E-state index in [2.05, 4.69) is 5.32 Å². The van der Waals surface area contributed by atoms with Crippen LogP contribution in [0.5, 0.6) is 0 Å². The summed E-state index contributed by atoms with van der Waals surface area (Å²) in [4.78, 5) is 11.6. The molecule has 1 saturated carbocycles. The molecule has 1 heterocycles. The van der Waals surface area contributed by atoms with Crippen LogP contribution in [-0.2, 0) is 9.47 Å². The average molecular weight is 229 g/mol. The average Bonchev–Trinajstić information content (AvgIpc) is 2.79. The van der Waals surface area contributed by atoms with E-state index in [0.717, 1.165) is 6.61 Å². The second-order valence-electron chi connectivity index (χ2n) is 5.89. The van der Waals surface area contributed by atoms with Gasteiger partial charge in [0.05, 0.1) is 24.4 Å². The highest BCUT2D eigenvalue weighted by atomic mass is 16.6. The first kappa shape index (κ1) is 11.7. The lowest BCUT2D eigenvalue weighted by Crippen LogP contribution is -2.63. The van der Waals surface area contributed by atoms with E-state index in [4.69, 9.17) is 9.47 Å². The minimum Gasteiger partial charge on any atom is -0.444 e. The Kier molecular flexibility index (Phi) is 2.44. The third-order valence-electron chi connectivity index (χ3n) is 2.94. The SMILES string of the molecule is CC(C)(C)OC(=O)NC1(CO)CC2(CO2)C1. The van der Waals surface area contributed by atoms with E-state index in [9.17, 15) is 9.90 Å². The third-order valence-corrected chi connectivity index (χ3v) is 2.94. The number of nitrogens with one attached hydrogen (secondary N) is 1. The molecule has 0 aromatic carbocycles. The van der Waals surface area contributed by atoms with E-state index in [0.29, 0.717) is 12.8 Å². The number of carbonyl (C=O) groups is 1. The summed E-state index contributed by atoms with van der Waals surface area (Å²) in [5, 5.41) is 12.1. The molecule has 0 bridgehead atoms. The number of aliphatic hydroxyl groups is 1. The maximum absolute atomic E-state index is 11.6. The van der Waals surface area contributed by atoms with Crippen LogP contribution in [0.4, 0.5) is 4.79 Å². The number of ether oxygens (including phenoxy) is 2. The zero-order valence-corrected chi connectivity index (χ0v) is 10.0. The van der Waals surface area contributed by atoms with E-state index < -0.39 is 17.2 Å². The van der Waals surface area contributed by atoms with Crippen molar-refractivity contribution in [2.24, 2.45) is 0 Å². The molecule has 2 N–H and O–H groups in total. The largest absolute Gasteiger partial charge is 0.444 e. The van der Waals surface area contributed by atoms with Crippen molar-refractivity contribution in [1.29, 1.82) is 0 Å². The molecule has 5 nitrogen and oxygen atoms in total. The molecule has 0 radical (unpaired) electrons. The van der Waals surface area contributed by atoms with Gasteiger partial charge in [0.15, 0.2) is 0 Å². The van der Waals surface area contributed by atoms with Gasteiger partial charge >= 0.3 is 6.09 Å². The fourth-order valence-electron chi connectivity index (χ4n) is 2.25. The molecule has 2 rings (SSSR count). The smallest absolute Gasteiger partial charge is 0.408 e. The van der Waals surface area contributed by atoms with Crippen molar-refractivity contribution in [3.05, 3.63) is 0 Å². The number of aliphatic hydroxyl groups excluding tert-OH is 1. The van der Waals surface area contributed by atoms with Crippen LogP contribution >= 0.6 is 0 Å². The van der Waals surface area contributed by atoms with E-state index >= 15 is 0 Å². The van der Waals surface area contributed by atoms with E-state index in [-0.39, 0.29) is 12.2 Å². The fraction of sp³-hybridized carbons (Fsp3) is 0.909. The molecule has 1 aliphatic heterocycles. The fourth-order valence-corrected chi connectivity index (χ4v) is 2.25. The van der Waals surface area contributed by atoms with Gasteiger partial charge in [-0.25, -0.2) is 4.79 Å². The van der Waals surface area contributed by atoms with E-state index in [1.54, 1.807) is 0 Å². The second-order valence-corrected chi connectivity index (χ2v) is 5.89. The summed E-state index contributed by atoms with van der Waals surface area (Å²) in [7, 11) is 0. The Hall–Kier alpha value is -0.810. The number of carbonyl (C=O) groups excluding carboxylic acids is 1. The number of alkyl carbamates (subject to hydrolysis) is 1. The predicted molar refractivity (Wildman–Crippen MR) is 57.1 cm³/mol. The van der Waals surface area contributed by atoms with Crippen molar-refractivity contribution in [2.45, 2.75) is 50.4 Å². The normalized spacial score (nSPS) is 36.8. The van der Waals surface area contributed by atoms with Gasteiger partial charge in [0, 0.05) is 12.8 Å². The monoisotopic (exact) mass is 229 g/mol. The first-order valence-corrected chi connectivity index (χ1v) is 5.54. The molecule has 0 atom stereocenters. The predicted octanol–water partition coefficient (Wildman–Crippen LogP) is 0.805. The van der Waals surface area contributed by atoms with E-state index in [1.165, 1.54) is 0 Å². The van der Waals surface area contributed by atoms with Crippen molar-refractivity contribution in [3.63, 3.8) is 0 Å². The van der Waals surface area contributed by atoms with Gasteiger partial charge in [-0.15, -0.1) is 0 Å². The highest BCUT2D eigenvalue weighted by Gasteiger charge is 2.63. The Bertz CT molecular complexity index is 296. The van der Waals surface area contributed by atoms with Crippen LogP contribution in [0, 0.1) is 0 Å². The van der Waals surface area contributed by atoms with Crippen molar-refractivity contribution in [1.82, 2.24) is 5.32 Å². The number of hydrogen-bond donors (Lipinski definition) is 2. The number of epoxide rings is 1. The summed E-state index contributed by atoms with van der Waals surface area (Å²) >= 11 is 0. The lowest BCUT2D eigenvalue weighted by molar-refractivity contribution is -0.00289. The topological polar surface area (TPSA) is 71.1 Å². The Morgan fingerprint density at radius 2 is 2.06 bits per heavy atom. The maximum Gasteiger partial charge on any atom is 0.408 e. The summed E-state index contributed by atoms with van der Waals surface area (Å²) in [5.74, 6) is 0. The molecule has 1 spiro atoms. The molecule has 0 unspecified atom stereocenters. The highest BCUT2D eigenvalue weighted by molar-refractivity contribution is 5.69. The van der Waals surface area contributed by atoms with Gasteiger partial charge in [-0.3, -0.25) is 0 Å². The minimum atomic E-state index is -0.543. The summed E-state index contributed by atoms with van der Waals surface area (Å²) < 4.78 is 10.4. The Balaban J connectivity index is 1.86. The molecule has 2 fully saturated rings. The number of amides is 1. The van der Waals surface area contributed by atoms with Crippen molar-refractivity contribution >= 4 is 6.09 Å². The zero-order chi connectivity index (χ0) is 12.0. The van der Waals surface area contributed by atoms with Crippen LogP contribution in [-0.4, -0.2) is 41.2 Å². The molecule has 0 aromatic heterocycles. The van der Waals surface area contributed by atoms with Crippen LogP contribution in [0.2, 0.25) is 0 Å². The molecule has 92 valence electrons. The first-order chi connectivity index (χ1) is 7.28. The van der Waals surface area contributed by atoms with Gasteiger partial charge < -0.3 is 19.9 Å². The van der Waals surface area contributed by atoms with Gasteiger partial charge in [-0.2, -0.15) is 0 Å². The quantitative estimate of drug-likeness (QED) is 0.687. The molecule has 0 aromatic rings. The van der Waals surface area contributed by atoms with Crippen LogP contribution in [0.15, 0.2) is 0 Å². The molecular weight excluding hydrogens is 210 g/mol. The van der Waals surface area contributed by atoms with Crippen LogP contribution in [0.25, 0.3) is 0 Å². The van der Waals surface area contributed by atoms with E-state index in [1.807, 2.05) is 20.8 Å². The number of hydrogen-bond acceptors (Lipinski definition) is 4. The maximum atomic E-state index is 11.6. The third kappa shape index (κ3) is 2.30. The summed E-state index contributed by atoms with van der Waals surface area (Å²) in [6.07, 6.45) is 0.878. The summed E-state index contributed by atoms with van der Waals surface area (Å²) in [6.45, 7) is 6.10. The van der Waals surface area contributed by atoms with Gasteiger partial charge in [0.1, 0.15) is 5.60 Å². The Morgan fingerprint density at radius 3 is 2.44 bits per heavy atom. The van der Waals surface area contributed by atoms with Crippen molar-refractivity contribution in [3.8, 4) is 0 Å². The highest BCUT2D eigenvalue weighted by Crippen LogP contribution is 2.52. The van der Waals surface area contributed by atoms with Crippen LogP contribution in [0.3, 0.4) is 0 Å². The summed E-state index contributed by atoms with van der Waals surface area (Å²) in [5.41, 5.74) is -1.12. The molecule has 1 aliphatic carbocycles. The number of rotatable bonds is 2. The second kappa shape index (κ2) is 3.34. The van der Waals surface area contributed by atoms with Crippen molar-refractivity contribution < 1.29 is 19.4 Å².